The Bertz CT molecular complexity index is 1900. The van der Waals surface area contributed by atoms with E-state index in [2.05, 4.69) is 15.1 Å². The molecule has 11 heteroatoms. The van der Waals surface area contributed by atoms with Gasteiger partial charge in [-0.2, -0.15) is 5.10 Å². The molecule has 0 unspecified atom stereocenters. The second-order valence-electron chi connectivity index (χ2n) is 10.8. The number of hydrogen-bond donors (Lipinski definition) is 1. The SMILES string of the molecule is Cc1nc(-c2cc(C(=O)N3C[C@H](F)c4ccccc4[C@H]3C)nc3cc(-c4ccc([C@H]5C[C@@H]5C(=O)O)cc4F)nn23)cs1. The molecule has 0 saturated heterocycles. The van der Waals surface area contributed by atoms with Crippen LogP contribution < -0.4 is 0 Å². The number of thiazole rings is 1. The zero-order chi connectivity index (χ0) is 29.3. The van der Waals surface area contributed by atoms with Crippen LogP contribution in [-0.4, -0.2) is 48.0 Å². The van der Waals surface area contributed by atoms with Crippen molar-refractivity contribution in [3.63, 3.8) is 0 Å². The molecule has 0 bridgehead atoms. The van der Waals surface area contributed by atoms with Gasteiger partial charge in [0.1, 0.15) is 23.4 Å². The fourth-order valence-electron chi connectivity index (χ4n) is 5.86. The standard InChI is InChI=1S/C31H25F2N5O3S/c1-15-18-5-3-4-6-19(18)24(33)13-37(15)30(39)26-11-28(27-14-42-16(2)34-27)38-29(35-26)12-25(36-38)20-8-7-17(9-23(20)32)21-10-22(21)31(40)41/h3-9,11-12,14-15,21-22,24H,10,13H2,1-2H3,(H,40,41)/t15-,21-,22+,24+/m1/s1. The van der Waals surface area contributed by atoms with Crippen molar-refractivity contribution < 1.29 is 23.5 Å². The van der Waals surface area contributed by atoms with Gasteiger partial charge in [-0.1, -0.05) is 30.3 Å². The lowest BCUT2D eigenvalue weighted by atomic mass is 9.92. The van der Waals surface area contributed by atoms with Gasteiger partial charge in [-0.25, -0.2) is 23.3 Å². The number of benzene rings is 2. The Kier molecular flexibility index (Phi) is 6.16. The molecule has 4 atom stereocenters. The highest BCUT2D eigenvalue weighted by Crippen LogP contribution is 2.48. The third-order valence-corrected chi connectivity index (χ3v) is 8.98. The summed E-state index contributed by atoms with van der Waals surface area (Å²) in [5.41, 5.74) is 4.02. The summed E-state index contributed by atoms with van der Waals surface area (Å²) in [7, 11) is 0. The van der Waals surface area contributed by atoms with Crippen LogP contribution in [0, 0.1) is 18.7 Å². The summed E-state index contributed by atoms with van der Waals surface area (Å²) in [6.07, 6.45) is -0.830. The van der Waals surface area contributed by atoms with Crippen molar-refractivity contribution >= 4 is 28.9 Å². The van der Waals surface area contributed by atoms with Gasteiger partial charge in [-0.3, -0.25) is 9.59 Å². The van der Waals surface area contributed by atoms with Gasteiger partial charge in [-0.15, -0.1) is 11.3 Å². The molecule has 8 nitrogen and oxygen atoms in total. The zero-order valence-electron chi connectivity index (χ0n) is 22.7. The third-order valence-electron chi connectivity index (χ3n) is 8.20. The molecule has 7 rings (SSSR count). The van der Waals surface area contributed by atoms with E-state index in [1.807, 2.05) is 31.4 Å². The molecule has 0 radical (unpaired) electrons. The van der Waals surface area contributed by atoms with E-state index >= 15 is 8.78 Å². The monoisotopic (exact) mass is 585 g/mol. The quantitative estimate of drug-likeness (QED) is 0.257. The van der Waals surface area contributed by atoms with Crippen LogP contribution in [0.15, 0.2) is 60.0 Å². The summed E-state index contributed by atoms with van der Waals surface area (Å²) in [5, 5.41) is 16.5. The summed E-state index contributed by atoms with van der Waals surface area (Å²) < 4.78 is 32.0. The minimum Gasteiger partial charge on any atom is -0.481 e. The fourth-order valence-corrected chi connectivity index (χ4v) is 6.47. The van der Waals surface area contributed by atoms with Crippen LogP contribution in [0.1, 0.15) is 63.7 Å². The summed E-state index contributed by atoms with van der Waals surface area (Å²) in [4.78, 5) is 35.8. The number of hydrogen-bond acceptors (Lipinski definition) is 6. The lowest BCUT2D eigenvalue weighted by molar-refractivity contribution is -0.138. The van der Waals surface area contributed by atoms with Crippen LogP contribution in [0.3, 0.4) is 0 Å². The number of aryl methyl sites for hydroxylation is 1. The Hall–Kier alpha value is -4.51. The molecule has 0 spiro atoms. The molecule has 1 amide bonds. The Morgan fingerprint density at radius 1 is 1.05 bits per heavy atom. The number of halogens is 2. The molecule has 2 aliphatic rings. The van der Waals surface area contributed by atoms with Crippen molar-refractivity contribution in [2.75, 3.05) is 6.54 Å². The van der Waals surface area contributed by atoms with Gasteiger partial charge in [0.05, 0.1) is 34.9 Å². The molecule has 42 heavy (non-hydrogen) atoms. The molecule has 1 fully saturated rings. The van der Waals surface area contributed by atoms with Crippen LogP contribution in [-0.2, 0) is 4.79 Å². The number of carbonyl (C=O) groups excluding carboxylic acids is 1. The number of carboxylic acid groups (broad SMARTS) is 1. The van der Waals surface area contributed by atoms with Crippen molar-refractivity contribution in [1.82, 2.24) is 24.5 Å². The van der Waals surface area contributed by atoms with Crippen LogP contribution in [0.25, 0.3) is 28.3 Å². The maximum absolute atomic E-state index is 15.3. The van der Waals surface area contributed by atoms with Gasteiger partial charge < -0.3 is 10.0 Å². The minimum absolute atomic E-state index is 0.0964. The topological polar surface area (TPSA) is 101 Å². The first-order valence-electron chi connectivity index (χ1n) is 13.6. The van der Waals surface area contributed by atoms with Crippen molar-refractivity contribution in [2.45, 2.75) is 38.4 Å². The number of fused-ring (bicyclic) bond motifs is 2. The molecule has 212 valence electrons. The predicted molar refractivity (Wildman–Crippen MR) is 152 cm³/mol. The molecular weight excluding hydrogens is 560 g/mol. The van der Waals surface area contributed by atoms with Gasteiger partial charge >= 0.3 is 5.97 Å². The number of aliphatic carboxylic acids is 1. The molecule has 1 saturated carbocycles. The van der Waals surface area contributed by atoms with E-state index in [0.717, 1.165) is 10.6 Å². The predicted octanol–water partition coefficient (Wildman–Crippen LogP) is 6.38. The lowest BCUT2D eigenvalue weighted by Gasteiger charge is -2.36. The molecule has 4 heterocycles. The van der Waals surface area contributed by atoms with Crippen molar-refractivity contribution in [1.29, 1.82) is 0 Å². The Morgan fingerprint density at radius 2 is 1.83 bits per heavy atom. The number of carbonyl (C=O) groups is 2. The van der Waals surface area contributed by atoms with Gasteiger partial charge in [0.15, 0.2) is 5.65 Å². The normalized spacial score (nSPS) is 21.4. The first kappa shape index (κ1) is 26.4. The summed E-state index contributed by atoms with van der Waals surface area (Å²) in [6.45, 7) is 3.64. The maximum atomic E-state index is 15.3. The fraction of sp³-hybridized carbons (Fsp3) is 0.258. The average Bonchev–Trinajstić information content (AvgIpc) is 3.50. The van der Waals surface area contributed by atoms with E-state index in [9.17, 15) is 14.7 Å². The largest absolute Gasteiger partial charge is 0.481 e. The molecular formula is C31H25F2N5O3S. The molecule has 1 aliphatic heterocycles. The molecule has 1 N–H and O–H groups in total. The van der Waals surface area contributed by atoms with Crippen LogP contribution in [0.2, 0.25) is 0 Å². The van der Waals surface area contributed by atoms with Crippen LogP contribution in [0.5, 0.6) is 0 Å². The van der Waals surface area contributed by atoms with Gasteiger partial charge in [0.2, 0.25) is 0 Å². The van der Waals surface area contributed by atoms with Crippen molar-refractivity contribution in [2.24, 2.45) is 5.92 Å². The number of nitrogens with zero attached hydrogens (tertiary/aromatic N) is 5. The second-order valence-corrected chi connectivity index (χ2v) is 11.9. The van der Waals surface area contributed by atoms with Crippen molar-refractivity contribution in [3.05, 3.63) is 93.2 Å². The summed E-state index contributed by atoms with van der Waals surface area (Å²) in [6, 6.07) is 14.7. The van der Waals surface area contributed by atoms with E-state index < -0.39 is 29.8 Å². The molecule has 2 aromatic carbocycles. The van der Waals surface area contributed by atoms with Gasteiger partial charge in [0, 0.05) is 17.0 Å². The number of amides is 1. The number of alkyl halides is 1. The average molecular weight is 586 g/mol. The van der Waals surface area contributed by atoms with E-state index in [1.54, 1.807) is 36.4 Å². The zero-order valence-corrected chi connectivity index (χ0v) is 23.5. The van der Waals surface area contributed by atoms with Crippen molar-refractivity contribution in [3.8, 4) is 22.6 Å². The van der Waals surface area contributed by atoms with Gasteiger partial charge in [0.25, 0.3) is 5.91 Å². The summed E-state index contributed by atoms with van der Waals surface area (Å²) >= 11 is 1.44. The Labute approximate surface area is 243 Å². The van der Waals surface area contributed by atoms with E-state index in [-0.39, 0.29) is 29.8 Å². The number of rotatable bonds is 5. The van der Waals surface area contributed by atoms with Crippen LogP contribution >= 0.6 is 11.3 Å². The lowest BCUT2D eigenvalue weighted by Crippen LogP contribution is -2.40. The van der Waals surface area contributed by atoms with E-state index in [4.69, 9.17) is 0 Å². The minimum atomic E-state index is -1.32. The third kappa shape index (κ3) is 4.35. The van der Waals surface area contributed by atoms with E-state index in [0.29, 0.717) is 40.3 Å². The first-order chi connectivity index (χ1) is 20.2. The highest BCUT2D eigenvalue weighted by Gasteiger charge is 2.44. The summed E-state index contributed by atoms with van der Waals surface area (Å²) in [5.74, 6) is -2.51. The number of carboxylic acids is 1. The van der Waals surface area contributed by atoms with E-state index in [1.165, 1.54) is 26.8 Å². The molecule has 1 aliphatic carbocycles. The van der Waals surface area contributed by atoms with Crippen LogP contribution in [0.4, 0.5) is 8.78 Å². The maximum Gasteiger partial charge on any atom is 0.307 e. The Morgan fingerprint density at radius 3 is 2.52 bits per heavy atom. The first-order valence-corrected chi connectivity index (χ1v) is 14.5. The Balaban J connectivity index is 1.29. The highest BCUT2D eigenvalue weighted by molar-refractivity contribution is 7.09. The number of aromatic nitrogens is 4. The van der Waals surface area contributed by atoms with Gasteiger partial charge in [-0.05, 0) is 61.1 Å². The molecule has 5 aromatic rings. The second kappa shape index (κ2) is 9.80. The smallest absolute Gasteiger partial charge is 0.307 e. The molecule has 3 aromatic heterocycles. The highest BCUT2D eigenvalue weighted by atomic mass is 32.1.